The SMILES string of the molecule is CC(C)(c1ccc(O)cc1)c1ccc(O)c(C2CCCCO2)c1. The molecular formula is C20H24O3. The van der Waals surface area contributed by atoms with Gasteiger partial charge in [-0.15, -0.1) is 0 Å². The van der Waals surface area contributed by atoms with Gasteiger partial charge < -0.3 is 14.9 Å². The molecular weight excluding hydrogens is 288 g/mol. The van der Waals surface area contributed by atoms with Crippen LogP contribution in [0.3, 0.4) is 0 Å². The fourth-order valence-electron chi connectivity index (χ4n) is 3.23. The summed E-state index contributed by atoms with van der Waals surface area (Å²) in [6.45, 7) is 5.06. The molecule has 3 heteroatoms. The van der Waals surface area contributed by atoms with Gasteiger partial charge in [-0.1, -0.05) is 32.0 Å². The summed E-state index contributed by atoms with van der Waals surface area (Å²) >= 11 is 0. The maximum absolute atomic E-state index is 10.2. The predicted molar refractivity (Wildman–Crippen MR) is 90.9 cm³/mol. The maximum Gasteiger partial charge on any atom is 0.121 e. The average Bonchev–Trinajstić information content (AvgIpc) is 2.56. The van der Waals surface area contributed by atoms with Gasteiger partial charge in [0.1, 0.15) is 11.5 Å². The molecule has 1 saturated heterocycles. The van der Waals surface area contributed by atoms with Crippen LogP contribution in [0.2, 0.25) is 0 Å². The van der Waals surface area contributed by atoms with E-state index in [1.807, 2.05) is 18.2 Å². The fourth-order valence-corrected chi connectivity index (χ4v) is 3.23. The van der Waals surface area contributed by atoms with Crippen molar-refractivity contribution < 1.29 is 14.9 Å². The minimum atomic E-state index is -0.217. The van der Waals surface area contributed by atoms with Gasteiger partial charge in [0.15, 0.2) is 0 Å². The lowest BCUT2D eigenvalue weighted by Gasteiger charge is -2.29. The molecule has 2 aromatic rings. The first kappa shape index (κ1) is 15.9. The number of hydrogen-bond acceptors (Lipinski definition) is 3. The van der Waals surface area contributed by atoms with E-state index in [1.54, 1.807) is 18.2 Å². The minimum absolute atomic E-state index is 0.0145. The molecule has 1 heterocycles. The Hall–Kier alpha value is -2.00. The number of hydrogen-bond donors (Lipinski definition) is 2. The molecule has 1 aliphatic heterocycles. The van der Waals surface area contributed by atoms with Crippen molar-refractivity contribution in [3.63, 3.8) is 0 Å². The van der Waals surface area contributed by atoms with Crippen molar-refractivity contribution in [1.82, 2.24) is 0 Å². The van der Waals surface area contributed by atoms with E-state index in [9.17, 15) is 10.2 Å². The zero-order chi connectivity index (χ0) is 16.4. The molecule has 3 nitrogen and oxygen atoms in total. The van der Waals surface area contributed by atoms with Gasteiger partial charge in [-0.05, 0) is 54.7 Å². The third-order valence-electron chi connectivity index (χ3n) is 4.86. The Morgan fingerprint density at radius 3 is 2.30 bits per heavy atom. The summed E-state index contributed by atoms with van der Waals surface area (Å²) in [6.07, 6.45) is 3.17. The van der Waals surface area contributed by atoms with E-state index >= 15 is 0 Å². The normalized spacial score (nSPS) is 18.8. The standard InChI is InChI=1S/C20H24O3/c1-20(2,14-6-9-16(21)10-7-14)15-8-11-18(22)17(13-15)19-5-3-4-12-23-19/h6-11,13,19,21-22H,3-5,12H2,1-2H3. The van der Waals surface area contributed by atoms with E-state index in [1.165, 1.54) is 0 Å². The molecule has 1 aliphatic rings. The van der Waals surface area contributed by atoms with Crippen LogP contribution >= 0.6 is 0 Å². The molecule has 1 fully saturated rings. The maximum atomic E-state index is 10.2. The summed E-state index contributed by atoms with van der Waals surface area (Å²) in [4.78, 5) is 0. The Morgan fingerprint density at radius 2 is 1.65 bits per heavy atom. The van der Waals surface area contributed by atoms with Gasteiger partial charge in [-0.25, -0.2) is 0 Å². The Labute approximate surface area is 137 Å². The lowest BCUT2D eigenvalue weighted by molar-refractivity contribution is 0.0136. The summed E-state index contributed by atoms with van der Waals surface area (Å²) < 4.78 is 5.84. The first-order chi connectivity index (χ1) is 11.0. The first-order valence-corrected chi connectivity index (χ1v) is 8.23. The first-order valence-electron chi connectivity index (χ1n) is 8.23. The van der Waals surface area contributed by atoms with Crippen LogP contribution in [0.25, 0.3) is 0 Å². The Morgan fingerprint density at radius 1 is 0.957 bits per heavy atom. The van der Waals surface area contributed by atoms with E-state index < -0.39 is 0 Å². The molecule has 23 heavy (non-hydrogen) atoms. The highest BCUT2D eigenvalue weighted by molar-refractivity contribution is 5.45. The topological polar surface area (TPSA) is 49.7 Å². The highest BCUT2D eigenvalue weighted by Gasteiger charge is 2.26. The Bertz CT molecular complexity index is 668. The van der Waals surface area contributed by atoms with Crippen molar-refractivity contribution in [1.29, 1.82) is 0 Å². The number of benzene rings is 2. The van der Waals surface area contributed by atoms with Gasteiger partial charge in [-0.2, -0.15) is 0 Å². The van der Waals surface area contributed by atoms with Crippen molar-refractivity contribution in [2.24, 2.45) is 0 Å². The number of phenolic OH excluding ortho intramolecular Hbond substituents is 2. The lowest BCUT2D eigenvalue weighted by atomic mass is 9.77. The molecule has 0 radical (unpaired) electrons. The molecule has 1 unspecified atom stereocenters. The molecule has 122 valence electrons. The fraction of sp³-hybridized carbons (Fsp3) is 0.400. The highest BCUT2D eigenvalue weighted by atomic mass is 16.5. The van der Waals surface area contributed by atoms with Crippen molar-refractivity contribution in [2.75, 3.05) is 6.61 Å². The van der Waals surface area contributed by atoms with E-state index in [0.29, 0.717) is 5.75 Å². The van der Waals surface area contributed by atoms with Gasteiger partial charge >= 0.3 is 0 Å². The Kier molecular flexibility index (Phi) is 4.31. The molecule has 3 rings (SSSR count). The molecule has 2 N–H and O–H groups in total. The summed E-state index contributed by atoms with van der Waals surface area (Å²) in [5.41, 5.74) is 2.92. The van der Waals surface area contributed by atoms with Gasteiger partial charge in [0, 0.05) is 17.6 Å². The van der Waals surface area contributed by atoms with Crippen molar-refractivity contribution in [3.8, 4) is 11.5 Å². The zero-order valence-corrected chi connectivity index (χ0v) is 13.7. The number of aromatic hydroxyl groups is 2. The summed E-state index contributed by atoms with van der Waals surface area (Å²) in [6, 6.07) is 13.1. The van der Waals surface area contributed by atoms with E-state index in [2.05, 4.69) is 19.9 Å². The monoisotopic (exact) mass is 312 g/mol. The smallest absolute Gasteiger partial charge is 0.121 e. The molecule has 0 aromatic heterocycles. The van der Waals surface area contributed by atoms with Crippen LogP contribution in [0.1, 0.15) is 55.9 Å². The van der Waals surface area contributed by atoms with Crippen molar-refractivity contribution in [2.45, 2.75) is 44.6 Å². The number of ether oxygens (including phenoxy) is 1. The van der Waals surface area contributed by atoms with Gasteiger partial charge in [-0.3, -0.25) is 0 Å². The summed E-state index contributed by atoms with van der Waals surface area (Å²) in [5, 5.41) is 19.7. The van der Waals surface area contributed by atoms with Crippen LogP contribution in [-0.2, 0) is 10.2 Å². The molecule has 0 amide bonds. The van der Waals surface area contributed by atoms with Crippen LogP contribution < -0.4 is 0 Å². The summed E-state index contributed by atoms with van der Waals surface area (Å²) in [5.74, 6) is 0.578. The van der Waals surface area contributed by atoms with Gasteiger partial charge in [0.2, 0.25) is 0 Å². The average molecular weight is 312 g/mol. The van der Waals surface area contributed by atoms with Gasteiger partial charge in [0.25, 0.3) is 0 Å². The predicted octanol–water partition coefficient (Wildman–Crippen LogP) is 4.67. The second-order valence-corrected chi connectivity index (χ2v) is 6.80. The molecule has 1 atom stereocenters. The van der Waals surface area contributed by atoms with Crippen LogP contribution in [-0.4, -0.2) is 16.8 Å². The molecule has 2 aromatic carbocycles. The number of rotatable bonds is 3. The highest BCUT2D eigenvalue weighted by Crippen LogP contribution is 2.39. The third-order valence-corrected chi connectivity index (χ3v) is 4.86. The third kappa shape index (κ3) is 3.20. The second-order valence-electron chi connectivity index (χ2n) is 6.80. The van der Waals surface area contributed by atoms with Gasteiger partial charge in [0.05, 0.1) is 6.10 Å². The van der Waals surface area contributed by atoms with Crippen LogP contribution in [0.5, 0.6) is 11.5 Å². The van der Waals surface area contributed by atoms with Crippen LogP contribution in [0.4, 0.5) is 0 Å². The largest absolute Gasteiger partial charge is 0.508 e. The second kappa shape index (κ2) is 6.25. The van der Waals surface area contributed by atoms with Crippen LogP contribution in [0, 0.1) is 0 Å². The van der Waals surface area contributed by atoms with Crippen LogP contribution in [0.15, 0.2) is 42.5 Å². The van der Waals surface area contributed by atoms with E-state index in [-0.39, 0.29) is 17.3 Å². The number of phenols is 2. The summed E-state index contributed by atoms with van der Waals surface area (Å²) in [7, 11) is 0. The quantitative estimate of drug-likeness (QED) is 0.866. The van der Waals surface area contributed by atoms with Crippen molar-refractivity contribution >= 4 is 0 Å². The minimum Gasteiger partial charge on any atom is -0.508 e. The molecule has 0 bridgehead atoms. The molecule has 0 spiro atoms. The van der Waals surface area contributed by atoms with E-state index in [0.717, 1.165) is 42.6 Å². The molecule has 0 aliphatic carbocycles. The van der Waals surface area contributed by atoms with Crippen molar-refractivity contribution in [3.05, 3.63) is 59.2 Å². The Balaban J connectivity index is 1.97. The lowest BCUT2D eigenvalue weighted by Crippen LogP contribution is -2.20. The van der Waals surface area contributed by atoms with E-state index in [4.69, 9.17) is 4.74 Å². The zero-order valence-electron chi connectivity index (χ0n) is 13.7. The molecule has 0 saturated carbocycles.